The van der Waals surface area contributed by atoms with Crippen LogP contribution in [0.5, 0.6) is 0 Å². The summed E-state index contributed by atoms with van der Waals surface area (Å²) in [5.74, 6) is 0.497. The van der Waals surface area contributed by atoms with E-state index in [9.17, 15) is 4.79 Å². The number of carbonyl (C=O) groups is 1. The van der Waals surface area contributed by atoms with Crippen LogP contribution in [0.15, 0.2) is 0 Å². The van der Waals surface area contributed by atoms with Crippen molar-refractivity contribution in [1.29, 1.82) is 0 Å². The molecule has 0 aromatic rings. The van der Waals surface area contributed by atoms with Crippen LogP contribution < -0.4 is 5.32 Å². The zero-order valence-corrected chi connectivity index (χ0v) is 10.4. The third-order valence-electron chi connectivity index (χ3n) is 4.23. The van der Waals surface area contributed by atoms with E-state index in [1.54, 1.807) is 0 Å². The number of nitrogens with one attached hydrogen (secondary N) is 1. The van der Waals surface area contributed by atoms with Gasteiger partial charge in [-0.1, -0.05) is 32.1 Å². The molecule has 1 heterocycles. The third-order valence-corrected chi connectivity index (χ3v) is 4.23. The number of Topliss-reactive ketones (excluding diaryl/α,β-unsaturated/α-hetero) is 1. The summed E-state index contributed by atoms with van der Waals surface area (Å²) in [6.07, 6.45) is 13.0. The molecule has 1 aliphatic heterocycles. The molecule has 2 rings (SSSR count). The fraction of sp³-hybridized carbons (Fsp3) is 0.929. The van der Waals surface area contributed by atoms with Crippen LogP contribution in [0.1, 0.15) is 70.6 Å². The van der Waals surface area contributed by atoms with Crippen LogP contribution >= 0.6 is 0 Å². The van der Waals surface area contributed by atoms with Crippen molar-refractivity contribution in [3.05, 3.63) is 0 Å². The molecule has 0 unspecified atom stereocenters. The first-order valence-electron chi connectivity index (χ1n) is 7.08. The maximum atomic E-state index is 11.9. The summed E-state index contributed by atoms with van der Waals surface area (Å²) in [6, 6.07) is 0. The molecule has 0 amide bonds. The van der Waals surface area contributed by atoms with Crippen LogP contribution in [0.25, 0.3) is 0 Å². The molecule has 1 saturated carbocycles. The third kappa shape index (κ3) is 3.31. The summed E-state index contributed by atoms with van der Waals surface area (Å²) in [5.41, 5.74) is 0.187. The quantitative estimate of drug-likeness (QED) is 0.683. The van der Waals surface area contributed by atoms with Crippen LogP contribution in [0.4, 0.5) is 0 Å². The fourth-order valence-electron chi connectivity index (χ4n) is 3.26. The van der Waals surface area contributed by atoms with Gasteiger partial charge in [0.15, 0.2) is 0 Å². The Kier molecular flexibility index (Phi) is 4.39. The topological polar surface area (TPSA) is 29.1 Å². The summed E-state index contributed by atoms with van der Waals surface area (Å²) in [4.78, 5) is 11.9. The van der Waals surface area contributed by atoms with E-state index < -0.39 is 0 Å². The van der Waals surface area contributed by atoms with Crippen molar-refractivity contribution in [1.82, 2.24) is 5.32 Å². The van der Waals surface area contributed by atoms with Crippen LogP contribution in [-0.4, -0.2) is 17.9 Å². The van der Waals surface area contributed by atoms with Gasteiger partial charge < -0.3 is 5.32 Å². The van der Waals surface area contributed by atoms with Crippen molar-refractivity contribution in [2.45, 2.75) is 76.2 Å². The minimum Gasteiger partial charge on any atom is -0.311 e. The van der Waals surface area contributed by atoms with E-state index in [1.165, 1.54) is 51.4 Å². The van der Waals surface area contributed by atoms with Gasteiger partial charge >= 0.3 is 0 Å². The Labute approximate surface area is 99.2 Å². The molecular formula is C14H25NO. The van der Waals surface area contributed by atoms with Gasteiger partial charge in [-0.15, -0.1) is 0 Å². The normalized spacial score (nSPS) is 27.9. The van der Waals surface area contributed by atoms with Gasteiger partial charge in [-0.25, -0.2) is 0 Å². The molecule has 1 N–H and O–H groups in total. The first-order valence-corrected chi connectivity index (χ1v) is 7.08. The first kappa shape index (κ1) is 12.1. The van der Waals surface area contributed by atoms with E-state index in [4.69, 9.17) is 0 Å². The van der Waals surface area contributed by atoms with E-state index in [-0.39, 0.29) is 5.54 Å². The van der Waals surface area contributed by atoms with Crippen molar-refractivity contribution >= 4 is 5.78 Å². The molecule has 2 fully saturated rings. The minimum atomic E-state index is 0.187. The van der Waals surface area contributed by atoms with Gasteiger partial charge in [-0.3, -0.25) is 4.79 Å². The number of hydrogen-bond acceptors (Lipinski definition) is 2. The number of rotatable bonds is 0. The van der Waals surface area contributed by atoms with Crippen LogP contribution in [0.2, 0.25) is 0 Å². The smallest absolute Gasteiger partial charge is 0.134 e. The molecule has 16 heavy (non-hydrogen) atoms. The summed E-state index contributed by atoms with van der Waals surface area (Å²) in [5, 5.41) is 3.71. The molecule has 2 aliphatic rings. The predicted molar refractivity (Wildman–Crippen MR) is 66.5 cm³/mol. The van der Waals surface area contributed by atoms with Crippen LogP contribution in [-0.2, 0) is 4.79 Å². The van der Waals surface area contributed by atoms with Crippen molar-refractivity contribution in [3.63, 3.8) is 0 Å². The van der Waals surface area contributed by atoms with E-state index in [1.807, 2.05) is 0 Å². The maximum Gasteiger partial charge on any atom is 0.134 e. The Morgan fingerprint density at radius 1 is 0.875 bits per heavy atom. The van der Waals surface area contributed by atoms with E-state index >= 15 is 0 Å². The van der Waals surface area contributed by atoms with Crippen LogP contribution in [0, 0.1) is 0 Å². The summed E-state index contributed by atoms with van der Waals surface area (Å²) in [7, 11) is 0. The van der Waals surface area contributed by atoms with Gasteiger partial charge in [0.2, 0.25) is 0 Å². The molecule has 1 spiro atoms. The molecule has 1 aliphatic carbocycles. The molecule has 0 aromatic carbocycles. The molecule has 2 heteroatoms. The Bertz CT molecular complexity index is 231. The largest absolute Gasteiger partial charge is 0.311 e. The molecule has 0 radical (unpaired) electrons. The molecule has 0 aromatic heterocycles. The zero-order valence-electron chi connectivity index (χ0n) is 10.4. The summed E-state index contributed by atoms with van der Waals surface area (Å²) in [6.45, 7) is 1.12. The minimum absolute atomic E-state index is 0.187. The van der Waals surface area contributed by atoms with Crippen molar-refractivity contribution in [2.24, 2.45) is 0 Å². The van der Waals surface area contributed by atoms with Crippen molar-refractivity contribution in [2.75, 3.05) is 6.54 Å². The van der Waals surface area contributed by atoms with Crippen LogP contribution in [0.3, 0.4) is 0 Å². The molecule has 2 nitrogen and oxygen atoms in total. The Morgan fingerprint density at radius 3 is 2.38 bits per heavy atom. The molecular weight excluding hydrogens is 198 g/mol. The number of hydrogen-bond donors (Lipinski definition) is 1. The first-order chi connectivity index (χ1) is 7.81. The Morgan fingerprint density at radius 2 is 1.56 bits per heavy atom. The predicted octanol–water partition coefficient (Wildman–Crippen LogP) is 3.20. The van der Waals surface area contributed by atoms with E-state index in [0.717, 1.165) is 25.8 Å². The lowest BCUT2D eigenvalue weighted by molar-refractivity contribution is -0.121. The second-order valence-electron chi connectivity index (χ2n) is 5.65. The summed E-state index contributed by atoms with van der Waals surface area (Å²) < 4.78 is 0. The Hall–Kier alpha value is -0.370. The van der Waals surface area contributed by atoms with Gasteiger partial charge in [0.25, 0.3) is 0 Å². The van der Waals surface area contributed by atoms with Crippen molar-refractivity contribution < 1.29 is 4.79 Å². The molecule has 92 valence electrons. The highest BCUT2D eigenvalue weighted by atomic mass is 16.1. The second kappa shape index (κ2) is 5.81. The van der Waals surface area contributed by atoms with Gasteiger partial charge in [-0.05, 0) is 32.2 Å². The van der Waals surface area contributed by atoms with Gasteiger partial charge in [-0.2, -0.15) is 0 Å². The van der Waals surface area contributed by atoms with Gasteiger partial charge in [0.05, 0.1) is 0 Å². The average molecular weight is 223 g/mol. The number of carbonyl (C=O) groups excluding carboxylic acids is 1. The molecule has 1 saturated heterocycles. The maximum absolute atomic E-state index is 11.9. The highest BCUT2D eigenvalue weighted by Crippen LogP contribution is 2.32. The van der Waals surface area contributed by atoms with Gasteiger partial charge in [0, 0.05) is 18.4 Å². The van der Waals surface area contributed by atoms with E-state index in [0.29, 0.717) is 5.78 Å². The summed E-state index contributed by atoms with van der Waals surface area (Å²) >= 11 is 0. The molecule has 0 atom stereocenters. The highest BCUT2D eigenvalue weighted by molar-refractivity contribution is 5.79. The lowest BCUT2D eigenvalue weighted by Crippen LogP contribution is -2.48. The highest BCUT2D eigenvalue weighted by Gasteiger charge is 2.33. The van der Waals surface area contributed by atoms with Gasteiger partial charge in [0.1, 0.15) is 5.78 Å². The number of ketones is 1. The second-order valence-corrected chi connectivity index (χ2v) is 5.65. The monoisotopic (exact) mass is 223 g/mol. The fourth-order valence-corrected chi connectivity index (χ4v) is 3.26. The van der Waals surface area contributed by atoms with E-state index in [2.05, 4.69) is 5.32 Å². The zero-order chi connectivity index (χ0) is 11.3. The van der Waals surface area contributed by atoms with Crippen molar-refractivity contribution in [3.8, 4) is 0 Å². The average Bonchev–Trinajstić information content (AvgIpc) is 2.29. The Balaban J connectivity index is 1.97. The lowest BCUT2D eigenvalue weighted by atomic mass is 9.77. The lowest BCUT2D eigenvalue weighted by Gasteiger charge is -2.38. The standard InChI is InChI=1S/C14H25NO/c16-13-8-4-1-2-7-11-15-14(12-13)9-5-3-6-10-14/h15H,1-12H2. The SMILES string of the molecule is O=C1CCCCCCNC2(CCCCC2)C1. The molecule has 0 bridgehead atoms.